The first kappa shape index (κ1) is 18.8. The van der Waals surface area contributed by atoms with Crippen LogP contribution in [0, 0.1) is 0 Å². The molecular formula is C21H23NO5. The Kier molecular flexibility index (Phi) is 5.96. The quantitative estimate of drug-likeness (QED) is 0.846. The zero-order valence-corrected chi connectivity index (χ0v) is 15.3. The molecule has 0 radical (unpaired) electrons. The second-order valence-electron chi connectivity index (χ2n) is 6.55. The van der Waals surface area contributed by atoms with E-state index in [1.807, 2.05) is 17.0 Å². The fraction of sp³-hybridized carbons (Fsp3) is 0.333. The molecule has 6 heteroatoms. The Morgan fingerprint density at radius 3 is 2.48 bits per heavy atom. The Bertz CT molecular complexity index is 812. The highest BCUT2D eigenvalue weighted by molar-refractivity contribution is 5.94. The van der Waals surface area contributed by atoms with Crippen molar-refractivity contribution in [3.05, 3.63) is 59.7 Å². The van der Waals surface area contributed by atoms with Gasteiger partial charge in [0.1, 0.15) is 11.5 Å². The Labute approximate surface area is 158 Å². The summed E-state index contributed by atoms with van der Waals surface area (Å²) in [5, 5.41) is 8.70. The van der Waals surface area contributed by atoms with Crippen molar-refractivity contribution in [2.75, 3.05) is 26.8 Å². The summed E-state index contributed by atoms with van der Waals surface area (Å²) in [7, 11) is 1.66. The van der Waals surface area contributed by atoms with Gasteiger partial charge < -0.3 is 19.5 Å². The second-order valence-corrected chi connectivity index (χ2v) is 6.55. The highest BCUT2D eigenvalue weighted by Crippen LogP contribution is 2.30. The molecule has 2 aromatic rings. The van der Waals surface area contributed by atoms with E-state index in [1.54, 1.807) is 31.4 Å². The number of benzene rings is 2. The van der Waals surface area contributed by atoms with Crippen LogP contribution in [-0.2, 0) is 4.79 Å². The number of nitrogens with zero attached hydrogens (tertiary/aromatic N) is 1. The molecule has 27 heavy (non-hydrogen) atoms. The van der Waals surface area contributed by atoms with Gasteiger partial charge in [0.2, 0.25) is 0 Å². The minimum absolute atomic E-state index is 0.0557. The van der Waals surface area contributed by atoms with Crippen molar-refractivity contribution in [1.82, 2.24) is 4.90 Å². The first-order valence-corrected chi connectivity index (χ1v) is 8.94. The van der Waals surface area contributed by atoms with Crippen LogP contribution in [0.5, 0.6) is 11.5 Å². The molecule has 1 heterocycles. The normalized spacial score (nSPS) is 14.6. The van der Waals surface area contributed by atoms with Crippen LogP contribution in [-0.4, -0.2) is 48.7 Å². The lowest BCUT2D eigenvalue weighted by molar-refractivity contribution is -0.139. The van der Waals surface area contributed by atoms with Crippen molar-refractivity contribution in [3.63, 3.8) is 0 Å². The highest BCUT2D eigenvalue weighted by Gasteiger charge is 2.25. The molecule has 1 aliphatic heterocycles. The van der Waals surface area contributed by atoms with Gasteiger partial charge in [0.25, 0.3) is 5.91 Å². The standard InChI is InChI=1S/C21H23NO5/c1-26-18-6-2-4-16(12-18)15-8-10-22(11-9-15)21(25)17-5-3-7-19(13-17)27-14-20(23)24/h2-7,12-13,15H,8-11,14H2,1H3,(H,23,24). The van der Waals surface area contributed by atoms with E-state index in [0.29, 0.717) is 30.3 Å². The van der Waals surface area contributed by atoms with Gasteiger partial charge in [0.05, 0.1) is 7.11 Å². The molecule has 0 atom stereocenters. The first-order valence-electron chi connectivity index (χ1n) is 8.94. The molecule has 1 N–H and O–H groups in total. The lowest BCUT2D eigenvalue weighted by atomic mass is 9.89. The predicted molar refractivity (Wildman–Crippen MR) is 100 cm³/mol. The third kappa shape index (κ3) is 4.78. The number of hydrogen-bond donors (Lipinski definition) is 1. The first-order chi connectivity index (χ1) is 13.1. The highest BCUT2D eigenvalue weighted by atomic mass is 16.5. The van der Waals surface area contributed by atoms with Gasteiger partial charge >= 0.3 is 5.97 Å². The molecule has 0 aliphatic carbocycles. The number of ether oxygens (including phenoxy) is 2. The zero-order chi connectivity index (χ0) is 19.2. The third-order valence-corrected chi connectivity index (χ3v) is 4.79. The Hall–Kier alpha value is -3.02. The Morgan fingerprint density at radius 1 is 1.07 bits per heavy atom. The molecule has 2 aromatic carbocycles. The summed E-state index contributed by atoms with van der Waals surface area (Å²) in [6, 6.07) is 14.8. The molecule has 0 bridgehead atoms. The number of likely N-dealkylation sites (tertiary alicyclic amines) is 1. The lowest BCUT2D eigenvalue weighted by Gasteiger charge is -2.32. The van der Waals surface area contributed by atoms with E-state index in [-0.39, 0.29) is 5.91 Å². The molecule has 1 fully saturated rings. The summed E-state index contributed by atoms with van der Waals surface area (Å²) in [6.45, 7) is 0.936. The summed E-state index contributed by atoms with van der Waals surface area (Å²) in [5.41, 5.74) is 1.75. The van der Waals surface area contributed by atoms with Crippen molar-refractivity contribution >= 4 is 11.9 Å². The molecule has 0 saturated carbocycles. The van der Waals surface area contributed by atoms with Crippen molar-refractivity contribution in [2.45, 2.75) is 18.8 Å². The minimum atomic E-state index is -1.05. The smallest absolute Gasteiger partial charge is 0.341 e. The summed E-state index contributed by atoms with van der Waals surface area (Å²) in [5.74, 6) is 0.541. The number of carboxylic acids is 1. The number of carboxylic acid groups (broad SMARTS) is 1. The predicted octanol–water partition coefficient (Wildman–Crippen LogP) is 3.18. The van der Waals surface area contributed by atoms with E-state index in [4.69, 9.17) is 14.6 Å². The fourth-order valence-corrected chi connectivity index (χ4v) is 3.36. The Morgan fingerprint density at radius 2 is 1.78 bits per heavy atom. The molecule has 1 saturated heterocycles. The largest absolute Gasteiger partial charge is 0.497 e. The Balaban J connectivity index is 1.61. The lowest BCUT2D eigenvalue weighted by Crippen LogP contribution is -2.37. The van der Waals surface area contributed by atoms with Crippen LogP contribution in [0.2, 0.25) is 0 Å². The van der Waals surface area contributed by atoms with Crippen LogP contribution in [0.25, 0.3) is 0 Å². The van der Waals surface area contributed by atoms with E-state index in [2.05, 4.69) is 12.1 Å². The molecule has 6 nitrogen and oxygen atoms in total. The zero-order valence-electron chi connectivity index (χ0n) is 15.3. The molecule has 0 aromatic heterocycles. The number of methoxy groups -OCH3 is 1. The summed E-state index contributed by atoms with van der Waals surface area (Å²) < 4.78 is 10.5. The molecule has 1 amide bonds. The van der Waals surface area contributed by atoms with Gasteiger partial charge in [-0.05, 0) is 54.7 Å². The van der Waals surface area contributed by atoms with Crippen LogP contribution >= 0.6 is 0 Å². The van der Waals surface area contributed by atoms with Gasteiger partial charge in [-0.3, -0.25) is 4.79 Å². The number of hydrogen-bond acceptors (Lipinski definition) is 4. The summed E-state index contributed by atoms with van der Waals surface area (Å²) in [6.07, 6.45) is 1.79. The van der Waals surface area contributed by atoms with Crippen molar-refractivity contribution in [1.29, 1.82) is 0 Å². The maximum Gasteiger partial charge on any atom is 0.341 e. The van der Waals surface area contributed by atoms with Gasteiger partial charge in [0, 0.05) is 18.7 Å². The van der Waals surface area contributed by atoms with Crippen LogP contribution in [0.3, 0.4) is 0 Å². The number of carbonyl (C=O) groups is 2. The van der Waals surface area contributed by atoms with Crippen LogP contribution in [0.4, 0.5) is 0 Å². The van der Waals surface area contributed by atoms with E-state index in [9.17, 15) is 9.59 Å². The molecule has 1 aliphatic rings. The molecule has 3 rings (SSSR count). The van der Waals surface area contributed by atoms with E-state index in [1.165, 1.54) is 5.56 Å². The average molecular weight is 369 g/mol. The van der Waals surface area contributed by atoms with Crippen molar-refractivity contribution in [2.24, 2.45) is 0 Å². The molecule has 142 valence electrons. The SMILES string of the molecule is COc1cccc(C2CCN(C(=O)c3cccc(OCC(=O)O)c3)CC2)c1. The van der Waals surface area contributed by atoms with Crippen molar-refractivity contribution in [3.8, 4) is 11.5 Å². The topological polar surface area (TPSA) is 76.1 Å². The number of amides is 1. The number of carbonyl (C=O) groups excluding carboxylic acids is 1. The second kappa shape index (κ2) is 8.58. The summed E-state index contributed by atoms with van der Waals surface area (Å²) >= 11 is 0. The fourth-order valence-electron chi connectivity index (χ4n) is 3.36. The van der Waals surface area contributed by atoms with E-state index in [0.717, 1.165) is 18.6 Å². The molecule has 0 spiro atoms. The van der Waals surface area contributed by atoms with Crippen LogP contribution in [0.1, 0.15) is 34.7 Å². The van der Waals surface area contributed by atoms with Crippen molar-refractivity contribution < 1.29 is 24.2 Å². The number of piperidine rings is 1. The maximum atomic E-state index is 12.8. The number of aliphatic carboxylic acids is 1. The van der Waals surface area contributed by atoms with Crippen LogP contribution < -0.4 is 9.47 Å². The molecule has 0 unspecified atom stereocenters. The van der Waals surface area contributed by atoms with E-state index < -0.39 is 12.6 Å². The van der Waals surface area contributed by atoms with Gasteiger partial charge in [-0.1, -0.05) is 18.2 Å². The maximum absolute atomic E-state index is 12.8. The summed E-state index contributed by atoms with van der Waals surface area (Å²) in [4.78, 5) is 25.2. The van der Waals surface area contributed by atoms with Gasteiger partial charge in [0.15, 0.2) is 6.61 Å². The monoisotopic (exact) mass is 369 g/mol. The van der Waals surface area contributed by atoms with Crippen LogP contribution in [0.15, 0.2) is 48.5 Å². The third-order valence-electron chi connectivity index (χ3n) is 4.79. The minimum Gasteiger partial charge on any atom is -0.497 e. The average Bonchev–Trinajstić information content (AvgIpc) is 2.72. The van der Waals surface area contributed by atoms with Gasteiger partial charge in [-0.25, -0.2) is 4.79 Å². The number of rotatable bonds is 6. The van der Waals surface area contributed by atoms with E-state index >= 15 is 0 Å². The van der Waals surface area contributed by atoms with Gasteiger partial charge in [-0.15, -0.1) is 0 Å². The van der Waals surface area contributed by atoms with Gasteiger partial charge in [-0.2, -0.15) is 0 Å². The molecular weight excluding hydrogens is 346 g/mol.